The van der Waals surface area contributed by atoms with E-state index in [-0.39, 0.29) is 18.4 Å². The van der Waals surface area contributed by atoms with Crippen molar-refractivity contribution in [2.24, 2.45) is 17.6 Å². The van der Waals surface area contributed by atoms with Crippen LogP contribution in [0.1, 0.15) is 39.0 Å². The van der Waals surface area contributed by atoms with E-state index in [4.69, 9.17) is 10.8 Å². The van der Waals surface area contributed by atoms with Crippen LogP contribution in [-0.2, 0) is 4.79 Å². The Morgan fingerprint density at radius 3 is 2.82 bits per heavy atom. The van der Waals surface area contributed by atoms with Gasteiger partial charge in [-0.3, -0.25) is 4.79 Å². The number of aliphatic hydroxyl groups is 1. The van der Waals surface area contributed by atoms with Crippen molar-refractivity contribution >= 4 is 5.91 Å². The van der Waals surface area contributed by atoms with Gasteiger partial charge < -0.3 is 15.7 Å². The Bertz CT molecular complexity index is 231. The van der Waals surface area contributed by atoms with Crippen molar-refractivity contribution < 1.29 is 9.90 Å². The highest BCUT2D eigenvalue weighted by Crippen LogP contribution is 2.31. The van der Waals surface area contributed by atoms with E-state index in [0.29, 0.717) is 19.0 Å². The summed E-state index contributed by atoms with van der Waals surface area (Å²) in [5.74, 6) is 1.01. The summed E-state index contributed by atoms with van der Waals surface area (Å²) in [7, 11) is 0. The number of hydrogen-bond acceptors (Lipinski definition) is 3. The minimum absolute atomic E-state index is 0.0541. The van der Waals surface area contributed by atoms with Crippen LogP contribution in [0.5, 0.6) is 0 Å². The van der Waals surface area contributed by atoms with Gasteiger partial charge in [-0.25, -0.2) is 0 Å². The van der Waals surface area contributed by atoms with Crippen LogP contribution in [0.4, 0.5) is 0 Å². The molecule has 1 aliphatic carbocycles. The third-order valence-corrected chi connectivity index (χ3v) is 3.77. The lowest BCUT2D eigenvalue weighted by Gasteiger charge is -2.32. The van der Waals surface area contributed by atoms with Crippen molar-refractivity contribution in [3.05, 3.63) is 0 Å². The van der Waals surface area contributed by atoms with E-state index in [1.807, 2.05) is 6.92 Å². The number of carbonyl (C=O) groups excluding carboxylic acids is 1. The number of likely N-dealkylation sites (N-methyl/N-ethyl adjacent to an activating group) is 1. The zero-order valence-corrected chi connectivity index (χ0v) is 10.9. The predicted octanol–water partition coefficient (Wildman–Crippen LogP) is 0.982. The van der Waals surface area contributed by atoms with Crippen LogP contribution in [0.3, 0.4) is 0 Å². The molecule has 0 bridgehead atoms. The summed E-state index contributed by atoms with van der Waals surface area (Å²) in [5, 5.41) is 8.94. The molecule has 0 heterocycles. The van der Waals surface area contributed by atoms with E-state index >= 15 is 0 Å². The van der Waals surface area contributed by atoms with Gasteiger partial charge in [0.25, 0.3) is 0 Å². The molecule has 0 saturated heterocycles. The van der Waals surface area contributed by atoms with Gasteiger partial charge in [0, 0.05) is 19.0 Å². The molecule has 3 N–H and O–H groups in total. The van der Waals surface area contributed by atoms with Crippen LogP contribution in [0.2, 0.25) is 0 Å². The standard InChI is InChI=1S/C13H26N2O2/c1-2-15(8-9-16)13(17)12-5-3-4-11(10-12)6-7-14/h11-12,16H,2-10,14H2,1H3. The fourth-order valence-corrected chi connectivity index (χ4v) is 2.82. The van der Waals surface area contributed by atoms with Crippen molar-refractivity contribution in [1.82, 2.24) is 4.90 Å². The largest absolute Gasteiger partial charge is 0.395 e. The van der Waals surface area contributed by atoms with Gasteiger partial charge in [0.15, 0.2) is 0 Å². The summed E-state index contributed by atoms with van der Waals surface area (Å²) in [6.45, 7) is 3.90. The topological polar surface area (TPSA) is 66.6 Å². The van der Waals surface area contributed by atoms with Crippen molar-refractivity contribution in [2.45, 2.75) is 39.0 Å². The lowest BCUT2D eigenvalue weighted by atomic mass is 9.79. The molecule has 100 valence electrons. The van der Waals surface area contributed by atoms with Crippen molar-refractivity contribution in [1.29, 1.82) is 0 Å². The van der Waals surface area contributed by atoms with Crippen molar-refractivity contribution in [2.75, 3.05) is 26.2 Å². The minimum Gasteiger partial charge on any atom is -0.395 e. The minimum atomic E-state index is 0.0541. The molecule has 1 fully saturated rings. The van der Waals surface area contributed by atoms with Gasteiger partial charge in [0.2, 0.25) is 5.91 Å². The van der Waals surface area contributed by atoms with E-state index in [9.17, 15) is 4.79 Å². The Hall–Kier alpha value is -0.610. The predicted molar refractivity (Wildman–Crippen MR) is 68.5 cm³/mol. The summed E-state index contributed by atoms with van der Waals surface area (Å²) in [4.78, 5) is 14.0. The Morgan fingerprint density at radius 2 is 2.24 bits per heavy atom. The Labute approximate surface area is 104 Å². The van der Waals surface area contributed by atoms with Crippen molar-refractivity contribution in [3.8, 4) is 0 Å². The molecule has 0 aromatic carbocycles. The Morgan fingerprint density at radius 1 is 1.47 bits per heavy atom. The van der Waals surface area contributed by atoms with Gasteiger partial charge in [-0.15, -0.1) is 0 Å². The van der Waals surface area contributed by atoms with E-state index in [1.165, 1.54) is 6.42 Å². The molecule has 0 spiro atoms. The highest BCUT2D eigenvalue weighted by molar-refractivity contribution is 5.78. The summed E-state index contributed by atoms with van der Waals surface area (Å²) in [6, 6.07) is 0. The molecule has 1 rings (SSSR count). The zero-order valence-electron chi connectivity index (χ0n) is 10.9. The molecule has 4 nitrogen and oxygen atoms in total. The monoisotopic (exact) mass is 242 g/mol. The first-order valence-electron chi connectivity index (χ1n) is 6.82. The molecular formula is C13H26N2O2. The summed E-state index contributed by atoms with van der Waals surface area (Å²) < 4.78 is 0. The molecule has 0 aromatic heterocycles. The second kappa shape index (κ2) is 7.67. The average molecular weight is 242 g/mol. The van der Waals surface area contributed by atoms with Gasteiger partial charge in [0.05, 0.1) is 6.61 Å². The maximum absolute atomic E-state index is 12.3. The molecule has 0 aromatic rings. The maximum atomic E-state index is 12.3. The molecule has 1 saturated carbocycles. The molecular weight excluding hydrogens is 216 g/mol. The molecule has 2 unspecified atom stereocenters. The van der Waals surface area contributed by atoms with Gasteiger partial charge in [-0.1, -0.05) is 12.8 Å². The second-order valence-corrected chi connectivity index (χ2v) is 4.95. The highest BCUT2D eigenvalue weighted by Gasteiger charge is 2.29. The number of carbonyl (C=O) groups is 1. The fraction of sp³-hybridized carbons (Fsp3) is 0.923. The van der Waals surface area contributed by atoms with Crippen molar-refractivity contribution in [3.63, 3.8) is 0 Å². The first-order valence-corrected chi connectivity index (χ1v) is 6.82. The number of amides is 1. The first kappa shape index (κ1) is 14.5. The van der Waals surface area contributed by atoms with E-state index in [1.54, 1.807) is 4.90 Å². The van der Waals surface area contributed by atoms with Crippen LogP contribution >= 0.6 is 0 Å². The van der Waals surface area contributed by atoms with E-state index in [0.717, 1.165) is 32.2 Å². The number of aliphatic hydroxyl groups excluding tert-OH is 1. The average Bonchev–Trinajstić information content (AvgIpc) is 2.36. The van der Waals surface area contributed by atoms with Crippen LogP contribution < -0.4 is 5.73 Å². The van der Waals surface area contributed by atoms with E-state index in [2.05, 4.69) is 0 Å². The number of nitrogens with zero attached hydrogens (tertiary/aromatic N) is 1. The summed E-state index contributed by atoms with van der Waals surface area (Å²) in [5.41, 5.74) is 5.59. The third kappa shape index (κ3) is 4.28. The van der Waals surface area contributed by atoms with E-state index < -0.39 is 0 Å². The molecule has 4 heteroatoms. The molecule has 2 atom stereocenters. The number of nitrogens with two attached hydrogens (primary N) is 1. The summed E-state index contributed by atoms with van der Waals surface area (Å²) >= 11 is 0. The van der Waals surface area contributed by atoms with Crippen LogP contribution in [-0.4, -0.2) is 42.2 Å². The van der Waals surface area contributed by atoms with Gasteiger partial charge >= 0.3 is 0 Å². The molecule has 0 aliphatic heterocycles. The first-order chi connectivity index (χ1) is 8.22. The van der Waals surface area contributed by atoms with Crippen LogP contribution in [0.15, 0.2) is 0 Å². The molecule has 1 amide bonds. The Balaban J connectivity index is 2.49. The lowest BCUT2D eigenvalue weighted by molar-refractivity contribution is -0.137. The summed E-state index contributed by atoms with van der Waals surface area (Å²) in [6.07, 6.45) is 5.38. The van der Waals surface area contributed by atoms with Crippen LogP contribution in [0.25, 0.3) is 0 Å². The zero-order chi connectivity index (χ0) is 12.7. The molecule has 0 radical (unpaired) electrons. The third-order valence-electron chi connectivity index (χ3n) is 3.77. The lowest BCUT2D eigenvalue weighted by Crippen LogP contribution is -2.39. The molecule has 1 aliphatic rings. The maximum Gasteiger partial charge on any atom is 0.225 e. The Kier molecular flexibility index (Phi) is 6.52. The number of rotatable bonds is 6. The SMILES string of the molecule is CCN(CCO)C(=O)C1CCCC(CCN)C1. The second-order valence-electron chi connectivity index (χ2n) is 4.95. The van der Waals surface area contributed by atoms with Crippen LogP contribution in [0, 0.1) is 11.8 Å². The quantitative estimate of drug-likeness (QED) is 0.729. The van der Waals surface area contributed by atoms with Gasteiger partial charge in [-0.2, -0.15) is 0 Å². The fourth-order valence-electron chi connectivity index (χ4n) is 2.82. The smallest absolute Gasteiger partial charge is 0.225 e. The normalized spacial score (nSPS) is 24.6. The highest BCUT2D eigenvalue weighted by atomic mass is 16.3. The van der Waals surface area contributed by atoms with Gasteiger partial charge in [0.1, 0.15) is 0 Å². The number of hydrogen-bond donors (Lipinski definition) is 2. The van der Waals surface area contributed by atoms with Gasteiger partial charge in [-0.05, 0) is 38.6 Å². The molecule has 17 heavy (non-hydrogen) atoms.